The van der Waals surface area contributed by atoms with Crippen molar-refractivity contribution in [3.05, 3.63) is 38.4 Å². The second kappa shape index (κ2) is 6.45. The molecule has 0 spiro atoms. The summed E-state index contributed by atoms with van der Waals surface area (Å²) in [5.41, 5.74) is 4.17. The third-order valence-electron chi connectivity index (χ3n) is 2.86. The number of nitrogens with zero attached hydrogens (tertiary/aromatic N) is 3. The molecule has 1 N–H and O–H groups in total. The Hall–Kier alpha value is -0.980. The van der Waals surface area contributed by atoms with Crippen LogP contribution < -0.4 is 10.2 Å². The summed E-state index contributed by atoms with van der Waals surface area (Å²) in [6.07, 6.45) is 1.84. The minimum atomic E-state index is 0.799. The quantitative estimate of drug-likeness (QED) is 0.908. The van der Waals surface area contributed by atoms with Crippen LogP contribution in [0.15, 0.2) is 22.2 Å². The zero-order valence-corrected chi connectivity index (χ0v) is 13.7. The van der Waals surface area contributed by atoms with Crippen molar-refractivity contribution in [2.24, 2.45) is 0 Å². The van der Waals surface area contributed by atoms with Crippen LogP contribution >= 0.6 is 27.3 Å². The Morgan fingerprint density at radius 3 is 2.84 bits per heavy atom. The third-order valence-corrected chi connectivity index (χ3v) is 4.22. The zero-order chi connectivity index (χ0) is 13.8. The predicted molar refractivity (Wildman–Crippen MR) is 83.7 cm³/mol. The molecule has 6 heteroatoms. The number of hydrogen-bond donors (Lipinski definition) is 1. The van der Waals surface area contributed by atoms with Crippen molar-refractivity contribution < 1.29 is 0 Å². The fourth-order valence-electron chi connectivity index (χ4n) is 1.91. The van der Waals surface area contributed by atoms with Gasteiger partial charge in [0.25, 0.3) is 0 Å². The number of anilines is 1. The van der Waals surface area contributed by atoms with Gasteiger partial charge in [0, 0.05) is 34.7 Å². The van der Waals surface area contributed by atoms with E-state index >= 15 is 0 Å². The van der Waals surface area contributed by atoms with Gasteiger partial charge in [-0.3, -0.25) is 0 Å². The first-order chi connectivity index (χ1) is 9.11. The summed E-state index contributed by atoms with van der Waals surface area (Å²) in [7, 11) is 4.01. The number of rotatable bonds is 5. The first kappa shape index (κ1) is 14.4. The van der Waals surface area contributed by atoms with E-state index in [-0.39, 0.29) is 0 Å². The van der Waals surface area contributed by atoms with Gasteiger partial charge in [0.15, 0.2) is 0 Å². The second-order valence-electron chi connectivity index (χ2n) is 4.38. The molecule has 2 heterocycles. The number of hydrogen-bond acceptors (Lipinski definition) is 5. The van der Waals surface area contributed by atoms with Crippen LogP contribution in [0, 0.1) is 6.92 Å². The van der Waals surface area contributed by atoms with E-state index < -0.39 is 0 Å². The third kappa shape index (κ3) is 3.52. The summed E-state index contributed by atoms with van der Waals surface area (Å²) >= 11 is 5.16. The molecule has 2 rings (SSSR count). The van der Waals surface area contributed by atoms with Crippen LogP contribution in [0.1, 0.15) is 16.1 Å². The van der Waals surface area contributed by atoms with Crippen molar-refractivity contribution in [3.63, 3.8) is 0 Å². The predicted octanol–water partition coefficient (Wildman–Crippen LogP) is 2.96. The fraction of sp³-hybridized carbons (Fsp3) is 0.385. The van der Waals surface area contributed by atoms with Gasteiger partial charge < -0.3 is 10.2 Å². The summed E-state index contributed by atoms with van der Waals surface area (Å²) in [6.45, 7) is 3.68. The summed E-state index contributed by atoms with van der Waals surface area (Å²) in [6, 6.07) is 2.11. The molecule has 2 aromatic heterocycles. The van der Waals surface area contributed by atoms with Crippen molar-refractivity contribution in [1.29, 1.82) is 0 Å². The maximum atomic E-state index is 4.53. The van der Waals surface area contributed by atoms with Crippen LogP contribution in [-0.2, 0) is 13.1 Å². The Bertz CT molecular complexity index is 555. The molecule has 0 saturated heterocycles. The molecule has 102 valence electrons. The van der Waals surface area contributed by atoms with Gasteiger partial charge in [0.1, 0.15) is 5.82 Å². The molecule has 0 amide bonds. The minimum Gasteiger partial charge on any atom is -0.354 e. The smallest absolute Gasteiger partial charge is 0.133 e. The number of pyridine rings is 1. The molecule has 0 saturated carbocycles. The molecule has 0 unspecified atom stereocenters. The van der Waals surface area contributed by atoms with Gasteiger partial charge in [-0.25, -0.2) is 9.97 Å². The molecule has 0 bridgehead atoms. The van der Waals surface area contributed by atoms with Gasteiger partial charge in [0.2, 0.25) is 0 Å². The standard InChI is InChI=1S/C13H17BrN4S/c1-9-12(19-8-17-9)7-18(3)13-10(5-15-2)4-11(14)6-16-13/h4,6,8,15H,5,7H2,1-3H3. The van der Waals surface area contributed by atoms with E-state index in [1.165, 1.54) is 10.4 Å². The van der Waals surface area contributed by atoms with E-state index in [1.54, 1.807) is 11.3 Å². The molecule has 0 fully saturated rings. The summed E-state index contributed by atoms with van der Waals surface area (Å²) in [4.78, 5) is 12.3. The second-order valence-corrected chi connectivity index (χ2v) is 6.24. The van der Waals surface area contributed by atoms with Gasteiger partial charge >= 0.3 is 0 Å². The maximum absolute atomic E-state index is 4.53. The van der Waals surface area contributed by atoms with Crippen molar-refractivity contribution >= 4 is 33.1 Å². The van der Waals surface area contributed by atoms with Crippen LogP contribution in [-0.4, -0.2) is 24.1 Å². The lowest BCUT2D eigenvalue weighted by molar-refractivity contribution is 0.795. The molecule has 2 aromatic rings. The SMILES string of the molecule is CNCc1cc(Br)cnc1N(C)Cc1scnc1C. The van der Waals surface area contributed by atoms with Crippen LogP contribution in [0.25, 0.3) is 0 Å². The van der Waals surface area contributed by atoms with Crippen molar-refractivity contribution in [3.8, 4) is 0 Å². The average molecular weight is 341 g/mol. The van der Waals surface area contributed by atoms with E-state index in [2.05, 4.69) is 49.2 Å². The highest BCUT2D eigenvalue weighted by atomic mass is 79.9. The van der Waals surface area contributed by atoms with Gasteiger partial charge in [-0.05, 0) is 36.0 Å². The Balaban J connectivity index is 2.23. The molecule has 0 aliphatic heterocycles. The lowest BCUT2D eigenvalue weighted by Gasteiger charge is -2.21. The largest absolute Gasteiger partial charge is 0.354 e. The molecule has 0 atom stereocenters. The highest BCUT2D eigenvalue weighted by Gasteiger charge is 2.12. The highest BCUT2D eigenvalue weighted by Crippen LogP contribution is 2.23. The lowest BCUT2D eigenvalue weighted by atomic mass is 10.2. The molecule has 0 radical (unpaired) electrons. The van der Waals surface area contributed by atoms with Crippen LogP contribution in [0.3, 0.4) is 0 Å². The fourth-order valence-corrected chi connectivity index (χ4v) is 3.11. The highest BCUT2D eigenvalue weighted by molar-refractivity contribution is 9.10. The lowest BCUT2D eigenvalue weighted by Crippen LogP contribution is -2.21. The van der Waals surface area contributed by atoms with Crippen molar-refractivity contribution in [2.45, 2.75) is 20.0 Å². The number of nitrogens with one attached hydrogen (secondary N) is 1. The Kier molecular flexibility index (Phi) is 4.90. The van der Waals surface area contributed by atoms with E-state index in [0.717, 1.165) is 29.1 Å². The van der Waals surface area contributed by atoms with Crippen molar-refractivity contribution in [2.75, 3.05) is 19.0 Å². The zero-order valence-electron chi connectivity index (χ0n) is 11.3. The topological polar surface area (TPSA) is 41.1 Å². The van der Waals surface area contributed by atoms with Gasteiger partial charge in [-0.1, -0.05) is 0 Å². The van der Waals surface area contributed by atoms with Crippen LogP contribution in [0.4, 0.5) is 5.82 Å². The van der Waals surface area contributed by atoms with E-state index in [0.29, 0.717) is 0 Å². The van der Waals surface area contributed by atoms with Gasteiger partial charge in [-0.2, -0.15) is 0 Å². The Labute approximate surface area is 126 Å². The summed E-state index contributed by atoms with van der Waals surface area (Å²) in [5.74, 6) is 1.00. The van der Waals surface area contributed by atoms with E-state index in [1.807, 2.05) is 25.7 Å². The van der Waals surface area contributed by atoms with E-state index in [9.17, 15) is 0 Å². The summed E-state index contributed by atoms with van der Waals surface area (Å²) < 4.78 is 1.00. The Morgan fingerprint density at radius 2 is 2.21 bits per heavy atom. The molecule has 0 aliphatic rings. The summed E-state index contributed by atoms with van der Waals surface area (Å²) in [5, 5.41) is 3.18. The maximum Gasteiger partial charge on any atom is 0.133 e. The molecule has 0 aliphatic carbocycles. The average Bonchev–Trinajstić information content (AvgIpc) is 2.75. The number of halogens is 1. The van der Waals surface area contributed by atoms with Crippen LogP contribution in [0.5, 0.6) is 0 Å². The van der Waals surface area contributed by atoms with Crippen LogP contribution in [0.2, 0.25) is 0 Å². The first-order valence-corrected chi connectivity index (χ1v) is 7.68. The molecule has 4 nitrogen and oxygen atoms in total. The first-order valence-electron chi connectivity index (χ1n) is 6.01. The normalized spacial score (nSPS) is 10.7. The van der Waals surface area contributed by atoms with Gasteiger partial charge in [-0.15, -0.1) is 11.3 Å². The Morgan fingerprint density at radius 1 is 1.42 bits per heavy atom. The molecule has 0 aromatic carbocycles. The minimum absolute atomic E-state index is 0.799. The number of thiazole rings is 1. The molecular formula is C13H17BrN4S. The van der Waals surface area contributed by atoms with E-state index in [4.69, 9.17) is 0 Å². The number of aryl methyl sites for hydroxylation is 1. The van der Waals surface area contributed by atoms with Crippen molar-refractivity contribution in [1.82, 2.24) is 15.3 Å². The molecule has 19 heavy (non-hydrogen) atoms. The molecular weight excluding hydrogens is 324 g/mol. The number of aromatic nitrogens is 2. The monoisotopic (exact) mass is 340 g/mol. The van der Waals surface area contributed by atoms with Gasteiger partial charge in [0.05, 0.1) is 17.7 Å².